The highest BCUT2D eigenvalue weighted by Gasteiger charge is 2.19. The van der Waals surface area contributed by atoms with Crippen molar-refractivity contribution in [2.75, 3.05) is 12.4 Å². The van der Waals surface area contributed by atoms with Crippen LogP contribution in [0.2, 0.25) is 0 Å². The molecule has 0 radical (unpaired) electrons. The third kappa shape index (κ3) is 5.93. The minimum absolute atomic E-state index is 0.0130. The molecule has 114 valence electrons. The van der Waals surface area contributed by atoms with E-state index < -0.39 is 20.7 Å². The second-order valence-electron chi connectivity index (χ2n) is 4.37. The van der Waals surface area contributed by atoms with Crippen LogP contribution < -0.4 is 4.74 Å². The zero-order valence-corrected chi connectivity index (χ0v) is 13.9. The van der Waals surface area contributed by atoms with Crippen LogP contribution in [0.25, 0.3) is 0 Å². The van der Waals surface area contributed by atoms with Gasteiger partial charge in [-0.2, -0.15) is 0 Å². The Morgan fingerprint density at radius 2 is 2.05 bits per heavy atom. The molecule has 0 heterocycles. The van der Waals surface area contributed by atoms with E-state index in [1.807, 2.05) is 6.92 Å². The Bertz CT molecular complexity index is 543. The molecule has 8 heteroatoms. The molecule has 20 heavy (non-hydrogen) atoms. The van der Waals surface area contributed by atoms with Crippen molar-refractivity contribution >= 4 is 35.7 Å². The van der Waals surface area contributed by atoms with E-state index in [1.54, 1.807) is 0 Å². The number of hydrogen-bond acceptors (Lipinski definition) is 3. The van der Waals surface area contributed by atoms with Crippen LogP contribution in [0, 0.1) is 17.6 Å². The predicted molar refractivity (Wildman–Crippen MR) is 77.6 cm³/mol. The van der Waals surface area contributed by atoms with Crippen LogP contribution in [0.3, 0.4) is 0 Å². The van der Waals surface area contributed by atoms with Crippen LogP contribution in [-0.4, -0.2) is 20.8 Å². The average Bonchev–Trinajstić information content (AvgIpc) is 2.25. The van der Waals surface area contributed by atoms with Gasteiger partial charge in [0.2, 0.25) is 9.05 Å². The summed E-state index contributed by atoms with van der Waals surface area (Å²) in [7, 11) is 1.56. The lowest BCUT2D eigenvalue weighted by Gasteiger charge is -2.16. The van der Waals surface area contributed by atoms with Crippen molar-refractivity contribution in [1.82, 2.24) is 0 Å². The normalized spacial score (nSPS) is 13.2. The highest BCUT2D eigenvalue weighted by Crippen LogP contribution is 2.30. The first kappa shape index (κ1) is 17.7. The van der Waals surface area contributed by atoms with Crippen LogP contribution in [0.15, 0.2) is 16.6 Å². The predicted octanol–water partition coefficient (Wildman–Crippen LogP) is 4.09. The Labute approximate surface area is 129 Å². The van der Waals surface area contributed by atoms with Crippen LogP contribution in [-0.2, 0) is 9.05 Å². The van der Waals surface area contributed by atoms with Crippen molar-refractivity contribution < 1.29 is 21.9 Å². The van der Waals surface area contributed by atoms with Crippen LogP contribution in [0.5, 0.6) is 5.75 Å². The lowest BCUT2D eigenvalue weighted by Crippen LogP contribution is -2.20. The summed E-state index contributed by atoms with van der Waals surface area (Å²) in [6.07, 6.45) is 1.32. The maximum absolute atomic E-state index is 13.5. The summed E-state index contributed by atoms with van der Waals surface area (Å²) in [5.74, 6) is -2.31. The van der Waals surface area contributed by atoms with Gasteiger partial charge in [-0.05, 0) is 28.4 Å². The SMILES string of the molecule is CCCC(COc1c(F)cc(F)cc1Br)CS(=O)(=O)Cl. The van der Waals surface area contributed by atoms with E-state index >= 15 is 0 Å². The fourth-order valence-corrected chi connectivity index (χ4v) is 3.66. The third-order valence-electron chi connectivity index (χ3n) is 2.56. The lowest BCUT2D eigenvalue weighted by atomic mass is 10.1. The average molecular weight is 392 g/mol. The Morgan fingerprint density at radius 1 is 1.40 bits per heavy atom. The van der Waals surface area contributed by atoms with E-state index in [2.05, 4.69) is 15.9 Å². The molecule has 0 aliphatic heterocycles. The minimum Gasteiger partial charge on any atom is -0.489 e. The van der Waals surface area contributed by atoms with Crippen molar-refractivity contribution in [3.8, 4) is 5.75 Å². The van der Waals surface area contributed by atoms with E-state index in [0.29, 0.717) is 12.5 Å². The smallest absolute Gasteiger partial charge is 0.232 e. The van der Waals surface area contributed by atoms with Crippen LogP contribution in [0.4, 0.5) is 8.78 Å². The molecular formula is C12H14BrClF2O3S. The molecule has 1 unspecified atom stereocenters. The van der Waals surface area contributed by atoms with Crippen molar-refractivity contribution in [2.45, 2.75) is 19.8 Å². The Kier molecular flexibility index (Phi) is 6.68. The standard InChI is InChI=1S/C12H14BrClF2O3S/c1-2-3-8(7-20(14,17)18)6-19-12-10(13)4-9(15)5-11(12)16/h4-5,8H,2-3,6-7H2,1H3. The van der Waals surface area contributed by atoms with Gasteiger partial charge in [0.1, 0.15) is 5.82 Å². The molecule has 1 aromatic carbocycles. The molecule has 0 saturated heterocycles. The first-order valence-corrected chi connectivity index (χ1v) is 9.19. The highest BCUT2D eigenvalue weighted by atomic mass is 79.9. The van der Waals surface area contributed by atoms with Crippen molar-refractivity contribution in [1.29, 1.82) is 0 Å². The van der Waals surface area contributed by atoms with Gasteiger partial charge >= 0.3 is 0 Å². The zero-order valence-electron chi connectivity index (χ0n) is 10.7. The second kappa shape index (κ2) is 7.56. The molecule has 1 atom stereocenters. The van der Waals surface area contributed by atoms with Crippen molar-refractivity contribution in [2.24, 2.45) is 5.92 Å². The van der Waals surface area contributed by atoms with Gasteiger partial charge in [0.25, 0.3) is 0 Å². The van der Waals surface area contributed by atoms with E-state index in [-0.39, 0.29) is 28.5 Å². The van der Waals surface area contributed by atoms with Crippen LogP contribution >= 0.6 is 26.6 Å². The molecule has 0 N–H and O–H groups in total. The zero-order chi connectivity index (χ0) is 15.3. The van der Waals surface area contributed by atoms with E-state index in [9.17, 15) is 17.2 Å². The van der Waals surface area contributed by atoms with Gasteiger partial charge < -0.3 is 4.74 Å². The first-order chi connectivity index (χ1) is 9.23. The number of ether oxygens (including phenoxy) is 1. The summed E-state index contributed by atoms with van der Waals surface area (Å²) in [6.45, 7) is 1.88. The van der Waals surface area contributed by atoms with Gasteiger partial charge in [-0.1, -0.05) is 13.3 Å². The maximum Gasteiger partial charge on any atom is 0.232 e. The Hall–Kier alpha value is -0.400. The molecule has 0 aliphatic rings. The molecule has 0 amide bonds. The third-order valence-corrected chi connectivity index (χ3v) is 4.39. The summed E-state index contributed by atoms with van der Waals surface area (Å²) in [6, 6.07) is 1.78. The molecule has 1 rings (SSSR count). The molecule has 0 aliphatic carbocycles. The highest BCUT2D eigenvalue weighted by molar-refractivity contribution is 9.10. The Balaban J connectivity index is 2.77. The summed E-state index contributed by atoms with van der Waals surface area (Å²) >= 11 is 3.00. The minimum atomic E-state index is -3.65. The van der Waals surface area contributed by atoms with Gasteiger partial charge in [0.15, 0.2) is 11.6 Å². The molecule has 0 aromatic heterocycles. The second-order valence-corrected chi connectivity index (χ2v) is 8.05. The quantitative estimate of drug-likeness (QED) is 0.658. The molecule has 0 fully saturated rings. The number of halogens is 4. The number of hydrogen-bond donors (Lipinski definition) is 0. The Morgan fingerprint density at radius 3 is 2.55 bits per heavy atom. The molecule has 0 bridgehead atoms. The summed E-state index contributed by atoms with van der Waals surface area (Å²) in [4.78, 5) is 0. The summed E-state index contributed by atoms with van der Waals surface area (Å²) < 4.78 is 54.1. The van der Waals surface area contributed by atoms with E-state index in [4.69, 9.17) is 15.4 Å². The largest absolute Gasteiger partial charge is 0.489 e. The van der Waals surface area contributed by atoms with Crippen molar-refractivity contribution in [3.05, 3.63) is 28.2 Å². The first-order valence-electron chi connectivity index (χ1n) is 5.92. The maximum atomic E-state index is 13.5. The summed E-state index contributed by atoms with van der Waals surface area (Å²) in [5.41, 5.74) is 0. The fourth-order valence-electron chi connectivity index (χ4n) is 1.77. The van der Waals surface area contributed by atoms with Gasteiger partial charge in [0, 0.05) is 22.7 Å². The van der Waals surface area contributed by atoms with Gasteiger partial charge in [-0.15, -0.1) is 0 Å². The fraction of sp³-hybridized carbons (Fsp3) is 0.500. The van der Waals surface area contributed by atoms with E-state index in [1.165, 1.54) is 0 Å². The van der Waals surface area contributed by atoms with Gasteiger partial charge in [-0.25, -0.2) is 17.2 Å². The van der Waals surface area contributed by atoms with Gasteiger partial charge in [0.05, 0.1) is 16.8 Å². The molecule has 3 nitrogen and oxygen atoms in total. The molecule has 0 spiro atoms. The number of benzene rings is 1. The topological polar surface area (TPSA) is 43.4 Å². The summed E-state index contributed by atoms with van der Waals surface area (Å²) in [5, 5.41) is 0. The molecular weight excluding hydrogens is 378 g/mol. The van der Waals surface area contributed by atoms with Crippen LogP contribution in [0.1, 0.15) is 19.8 Å². The monoisotopic (exact) mass is 390 g/mol. The molecule has 0 saturated carbocycles. The number of rotatable bonds is 7. The van der Waals surface area contributed by atoms with Gasteiger partial charge in [-0.3, -0.25) is 0 Å². The van der Waals surface area contributed by atoms with E-state index in [0.717, 1.165) is 12.5 Å². The van der Waals surface area contributed by atoms with Crippen molar-refractivity contribution in [3.63, 3.8) is 0 Å². The molecule has 1 aromatic rings. The lowest BCUT2D eigenvalue weighted by molar-refractivity contribution is 0.241.